The van der Waals surface area contributed by atoms with Gasteiger partial charge in [0.2, 0.25) is 0 Å². The first-order valence-electron chi connectivity index (χ1n) is 7.11. The van der Waals surface area contributed by atoms with Crippen LogP contribution in [0.5, 0.6) is 0 Å². The molecule has 1 saturated heterocycles. The molecule has 0 unspecified atom stereocenters. The normalized spacial score (nSPS) is 17.2. The topological polar surface area (TPSA) is 30.3 Å². The first-order chi connectivity index (χ1) is 9.15. The zero-order valence-corrected chi connectivity index (χ0v) is 12.2. The van der Waals surface area contributed by atoms with Gasteiger partial charge in [0.15, 0.2) is 0 Å². The van der Waals surface area contributed by atoms with Crippen molar-refractivity contribution in [1.29, 1.82) is 5.26 Å². The van der Waals surface area contributed by atoms with Crippen molar-refractivity contribution < 1.29 is 0 Å². The van der Waals surface area contributed by atoms with Gasteiger partial charge in [-0.15, -0.1) is 0 Å². The molecule has 0 amide bonds. The third-order valence-electron chi connectivity index (χ3n) is 4.21. The maximum atomic E-state index is 9.25. The summed E-state index contributed by atoms with van der Waals surface area (Å²) in [6.45, 7) is 7.78. The minimum atomic E-state index is 0.552. The first kappa shape index (κ1) is 13.9. The summed E-state index contributed by atoms with van der Waals surface area (Å²) in [5.74, 6) is 0. The molecule has 0 aliphatic carbocycles. The number of likely N-dealkylation sites (tertiary alicyclic amines) is 1. The van der Waals surface area contributed by atoms with Crippen LogP contribution in [0.25, 0.3) is 0 Å². The number of nitriles is 1. The Morgan fingerprint density at radius 2 is 2.05 bits per heavy atom. The Morgan fingerprint density at radius 3 is 2.63 bits per heavy atom. The van der Waals surface area contributed by atoms with E-state index >= 15 is 0 Å². The summed E-state index contributed by atoms with van der Waals surface area (Å²) in [5.41, 5.74) is 3.08. The molecule has 19 heavy (non-hydrogen) atoms. The second-order valence-corrected chi connectivity index (χ2v) is 5.41. The van der Waals surface area contributed by atoms with Crippen LogP contribution >= 0.6 is 0 Å². The molecule has 2 rings (SSSR count). The molecule has 1 heterocycles. The van der Waals surface area contributed by atoms with Crippen molar-refractivity contribution in [2.24, 2.45) is 0 Å². The van der Waals surface area contributed by atoms with E-state index in [1.807, 2.05) is 12.1 Å². The van der Waals surface area contributed by atoms with E-state index in [0.29, 0.717) is 6.04 Å². The molecule has 1 aromatic carbocycles. The first-order valence-corrected chi connectivity index (χ1v) is 7.11. The molecule has 102 valence electrons. The van der Waals surface area contributed by atoms with E-state index in [4.69, 9.17) is 0 Å². The summed E-state index contributed by atoms with van der Waals surface area (Å²) in [6, 6.07) is 8.94. The Bertz CT molecular complexity index is 467. The van der Waals surface area contributed by atoms with E-state index in [9.17, 15) is 5.26 Å². The molecule has 1 fully saturated rings. The smallest absolute Gasteiger partial charge is 0.101 e. The lowest BCUT2D eigenvalue weighted by Gasteiger charge is -2.37. The Labute approximate surface area is 116 Å². The van der Waals surface area contributed by atoms with Gasteiger partial charge in [0.1, 0.15) is 6.07 Å². The maximum absolute atomic E-state index is 9.25. The molecule has 1 aliphatic rings. The lowest BCUT2D eigenvalue weighted by atomic mass is 10.0. The zero-order valence-electron chi connectivity index (χ0n) is 12.2. The molecular formula is C16H23N3. The fourth-order valence-corrected chi connectivity index (χ4v) is 2.85. The molecule has 1 aromatic rings. The minimum absolute atomic E-state index is 0.552. The predicted molar refractivity (Wildman–Crippen MR) is 79.4 cm³/mol. The summed E-state index contributed by atoms with van der Waals surface area (Å²) in [6.07, 6.45) is 2.37. The number of anilines is 1. The van der Waals surface area contributed by atoms with E-state index in [-0.39, 0.29) is 0 Å². The lowest BCUT2D eigenvalue weighted by Crippen LogP contribution is -2.43. The molecule has 1 aliphatic heterocycles. The second kappa shape index (κ2) is 6.08. The van der Waals surface area contributed by atoms with Crippen molar-refractivity contribution in [3.05, 3.63) is 29.3 Å². The SMILES string of the molecule is CCN1CCC(N(C)c2cc(C)ccc2C#N)CC1. The quantitative estimate of drug-likeness (QED) is 0.834. The second-order valence-electron chi connectivity index (χ2n) is 5.41. The van der Waals surface area contributed by atoms with Crippen LogP contribution in [-0.4, -0.2) is 37.6 Å². The lowest BCUT2D eigenvalue weighted by molar-refractivity contribution is 0.221. The van der Waals surface area contributed by atoms with Crippen LogP contribution in [0, 0.1) is 18.3 Å². The molecule has 0 atom stereocenters. The van der Waals surface area contributed by atoms with Gasteiger partial charge in [-0.25, -0.2) is 0 Å². The van der Waals surface area contributed by atoms with Gasteiger partial charge >= 0.3 is 0 Å². The van der Waals surface area contributed by atoms with Gasteiger partial charge in [-0.1, -0.05) is 13.0 Å². The van der Waals surface area contributed by atoms with Crippen molar-refractivity contribution in [3.63, 3.8) is 0 Å². The Balaban J connectivity index is 2.14. The van der Waals surface area contributed by atoms with Gasteiger partial charge in [-0.3, -0.25) is 0 Å². The highest BCUT2D eigenvalue weighted by Gasteiger charge is 2.23. The van der Waals surface area contributed by atoms with Gasteiger partial charge in [0.05, 0.1) is 11.3 Å². The highest BCUT2D eigenvalue weighted by molar-refractivity contribution is 5.60. The minimum Gasteiger partial charge on any atom is -0.370 e. The van der Waals surface area contributed by atoms with E-state index in [2.05, 4.69) is 42.8 Å². The van der Waals surface area contributed by atoms with Gasteiger partial charge in [0, 0.05) is 26.2 Å². The van der Waals surface area contributed by atoms with Crippen LogP contribution in [0.1, 0.15) is 30.9 Å². The average molecular weight is 257 g/mol. The van der Waals surface area contributed by atoms with Crippen molar-refractivity contribution in [1.82, 2.24) is 4.90 Å². The summed E-state index contributed by atoms with van der Waals surface area (Å²) >= 11 is 0. The molecule has 0 N–H and O–H groups in total. The monoisotopic (exact) mass is 257 g/mol. The Hall–Kier alpha value is -1.53. The van der Waals surface area contributed by atoms with Crippen LogP contribution in [0.2, 0.25) is 0 Å². The van der Waals surface area contributed by atoms with Gasteiger partial charge in [-0.2, -0.15) is 5.26 Å². The van der Waals surface area contributed by atoms with E-state index in [1.165, 1.54) is 31.5 Å². The highest BCUT2D eigenvalue weighted by atomic mass is 15.2. The standard InChI is InChI=1S/C16H23N3/c1-4-19-9-7-15(8-10-19)18(3)16-11-13(2)5-6-14(16)12-17/h5-6,11,15H,4,7-10H2,1-3H3. The Kier molecular flexibility index (Phi) is 4.44. The maximum Gasteiger partial charge on any atom is 0.101 e. The highest BCUT2D eigenvalue weighted by Crippen LogP contribution is 2.26. The van der Waals surface area contributed by atoms with E-state index in [0.717, 1.165) is 17.8 Å². The molecule has 0 spiro atoms. The third kappa shape index (κ3) is 3.08. The van der Waals surface area contributed by atoms with Crippen LogP contribution in [0.4, 0.5) is 5.69 Å². The van der Waals surface area contributed by atoms with Crippen LogP contribution < -0.4 is 4.90 Å². The summed E-state index contributed by atoms with van der Waals surface area (Å²) in [7, 11) is 2.13. The van der Waals surface area contributed by atoms with Gasteiger partial charge in [-0.05, 0) is 44.0 Å². The number of aryl methyl sites for hydroxylation is 1. The van der Waals surface area contributed by atoms with Crippen molar-refractivity contribution in [2.45, 2.75) is 32.7 Å². The number of nitrogens with zero attached hydrogens (tertiary/aromatic N) is 3. The fraction of sp³-hybridized carbons (Fsp3) is 0.562. The number of benzene rings is 1. The summed E-state index contributed by atoms with van der Waals surface area (Å²) in [4.78, 5) is 4.80. The molecular weight excluding hydrogens is 234 g/mol. The fourth-order valence-electron chi connectivity index (χ4n) is 2.85. The van der Waals surface area contributed by atoms with E-state index in [1.54, 1.807) is 0 Å². The van der Waals surface area contributed by atoms with Crippen molar-refractivity contribution >= 4 is 5.69 Å². The molecule has 0 bridgehead atoms. The van der Waals surface area contributed by atoms with Crippen LogP contribution in [-0.2, 0) is 0 Å². The molecule has 0 saturated carbocycles. The summed E-state index contributed by atoms with van der Waals surface area (Å²) in [5, 5.41) is 9.25. The van der Waals surface area contributed by atoms with Crippen molar-refractivity contribution in [2.75, 3.05) is 31.6 Å². The van der Waals surface area contributed by atoms with Gasteiger partial charge in [0.25, 0.3) is 0 Å². The third-order valence-corrected chi connectivity index (χ3v) is 4.21. The molecule has 3 nitrogen and oxygen atoms in total. The molecule has 0 radical (unpaired) electrons. The van der Waals surface area contributed by atoms with Gasteiger partial charge < -0.3 is 9.80 Å². The summed E-state index contributed by atoms with van der Waals surface area (Å²) < 4.78 is 0. The number of rotatable bonds is 3. The zero-order chi connectivity index (χ0) is 13.8. The van der Waals surface area contributed by atoms with E-state index < -0.39 is 0 Å². The molecule has 0 aromatic heterocycles. The van der Waals surface area contributed by atoms with Crippen LogP contribution in [0.15, 0.2) is 18.2 Å². The largest absolute Gasteiger partial charge is 0.370 e. The predicted octanol–water partition coefficient (Wildman–Crippen LogP) is 2.79. The molecule has 3 heteroatoms. The number of hydrogen-bond acceptors (Lipinski definition) is 3. The van der Waals surface area contributed by atoms with Crippen LogP contribution in [0.3, 0.4) is 0 Å². The number of piperidine rings is 1. The average Bonchev–Trinajstić information content (AvgIpc) is 2.46. The Morgan fingerprint density at radius 1 is 1.37 bits per heavy atom. The van der Waals surface area contributed by atoms with Crippen molar-refractivity contribution in [3.8, 4) is 6.07 Å². The number of hydrogen-bond donors (Lipinski definition) is 0.